The van der Waals surface area contributed by atoms with Gasteiger partial charge in [-0.05, 0) is 49.2 Å². The largest absolute Gasteiger partial charge is 0.377 e. The highest BCUT2D eigenvalue weighted by atomic mass is 32.2. The summed E-state index contributed by atoms with van der Waals surface area (Å²) in [5.74, 6) is 0. The lowest BCUT2D eigenvalue weighted by atomic mass is 10.1. The molecule has 1 heterocycles. The van der Waals surface area contributed by atoms with Crippen molar-refractivity contribution in [3.63, 3.8) is 0 Å². The van der Waals surface area contributed by atoms with E-state index in [9.17, 15) is 8.42 Å². The van der Waals surface area contributed by atoms with Gasteiger partial charge >= 0.3 is 0 Å². The van der Waals surface area contributed by atoms with Crippen molar-refractivity contribution in [3.8, 4) is 0 Å². The second kappa shape index (κ2) is 7.06. The van der Waals surface area contributed by atoms with Gasteiger partial charge in [-0.25, -0.2) is 13.1 Å². The van der Waals surface area contributed by atoms with E-state index in [4.69, 9.17) is 0 Å². The molecule has 0 bridgehead atoms. The minimum Gasteiger partial charge on any atom is -0.377 e. The van der Waals surface area contributed by atoms with Gasteiger partial charge in [0.15, 0.2) is 0 Å². The van der Waals surface area contributed by atoms with Crippen LogP contribution in [0.4, 0.5) is 5.69 Å². The van der Waals surface area contributed by atoms with Crippen LogP contribution in [-0.2, 0) is 10.0 Å². The van der Waals surface area contributed by atoms with Crippen LogP contribution in [0.1, 0.15) is 30.7 Å². The Balaban J connectivity index is 2.15. The minimum absolute atomic E-state index is 0.266. The van der Waals surface area contributed by atoms with Crippen molar-refractivity contribution in [2.45, 2.75) is 30.7 Å². The predicted octanol–water partition coefficient (Wildman–Crippen LogP) is 3.61. The Morgan fingerprint density at radius 2 is 1.90 bits per heavy atom. The van der Waals surface area contributed by atoms with E-state index >= 15 is 0 Å². The van der Waals surface area contributed by atoms with Crippen LogP contribution < -0.4 is 10.0 Å². The van der Waals surface area contributed by atoms with E-state index in [-0.39, 0.29) is 10.9 Å². The summed E-state index contributed by atoms with van der Waals surface area (Å²) in [7, 11) is -1.96. The van der Waals surface area contributed by atoms with Gasteiger partial charge in [-0.1, -0.05) is 19.4 Å². The molecule has 114 valence electrons. The summed E-state index contributed by atoms with van der Waals surface area (Å²) in [6, 6.07) is 11.3. The molecule has 2 N–H and O–H groups in total. The highest BCUT2D eigenvalue weighted by Crippen LogP contribution is 2.27. The summed E-state index contributed by atoms with van der Waals surface area (Å²) < 4.78 is 25.7. The average Bonchev–Trinajstić information content (AvgIpc) is 3.01. The van der Waals surface area contributed by atoms with Gasteiger partial charge in [-0.15, -0.1) is 11.3 Å². The Morgan fingerprint density at radius 1 is 1.19 bits per heavy atom. The Labute approximate surface area is 130 Å². The second-order valence-electron chi connectivity index (χ2n) is 4.73. The molecule has 0 amide bonds. The van der Waals surface area contributed by atoms with E-state index < -0.39 is 10.0 Å². The molecule has 0 fully saturated rings. The van der Waals surface area contributed by atoms with Crippen molar-refractivity contribution in [1.82, 2.24) is 4.72 Å². The lowest BCUT2D eigenvalue weighted by molar-refractivity contribution is 0.588. The van der Waals surface area contributed by atoms with Crippen LogP contribution in [0, 0.1) is 0 Å². The molecule has 0 spiro atoms. The molecule has 0 aliphatic rings. The highest BCUT2D eigenvalue weighted by Gasteiger charge is 2.13. The average molecular weight is 324 g/mol. The van der Waals surface area contributed by atoms with Crippen LogP contribution in [0.15, 0.2) is 46.7 Å². The van der Waals surface area contributed by atoms with Crippen molar-refractivity contribution < 1.29 is 8.42 Å². The fourth-order valence-corrected chi connectivity index (χ4v) is 3.66. The zero-order valence-electron chi connectivity index (χ0n) is 12.2. The van der Waals surface area contributed by atoms with Crippen molar-refractivity contribution in [1.29, 1.82) is 0 Å². The van der Waals surface area contributed by atoms with Gasteiger partial charge in [0.05, 0.1) is 10.9 Å². The quantitative estimate of drug-likeness (QED) is 0.818. The monoisotopic (exact) mass is 324 g/mol. The highest BCUT2D eigenvalue weighted by molar-refractivity contribution is 7.89. The number of hydrogen-bond acceptors (Lipinski definition) is 4. The molecule has 0 saturated heterocycles. The Hall–Kier alpha value is -1.37. The maximum absolute atomic E-state index is 11.7. The van der Waals surface area contributed by atoms with Crippen LogP contribution in [-0.4, -0.2) is 15.5 Å². The van der Waals surface area contributed by atoms with Crippen LogP contribution >= 0.6 is 11.3 Å². The summed E-state index contributed by atoms with van der Waals surface area (Å²) >= 11 is 1.73. The molecule has 0 saturated carbocycles. The van der Waals surface area contributed by atoms with Crippen LogP contribution in [0.5, 0.6) is 0 Å². The molecule has 1 aromatic heterocycles. The summed E-state index contributed by atoms with van der Waals surface area (Å²) in [5, 5.41) is 5.55. The van der Waals surface area contributed by atoms with Gasteiger partial charge in [0.25, 0.3) is 0 Å². The first-order chi connectivity index (χ1) is 10.1. The molecule has 2 rings (SSSR count). The molecule has 1 unspecified atom stereocenters. The normalized spacial score (nSPS) is 13.0. The smallest absolute Gasteiger partial charge is 0.240 e. The summed E-state index contributed by atoms with van der Waals surface area (Å²) in [5.41, 5.74) is 0.928. The van der Waals surface area contributed by atoms with Gasteiger partial charge < -0.3 is 5.32 Å². The number of nitrogens with one attached hydrogen (secondary N) is 2. The van der Waals surface area contributed by atoms with E-state index in [0.29, 0.717) is 0 Å². The molecule has 1 atom stereocenters. The van der Waals surface area contributed by atoms with E-state index in [1.54, 1.807) is 35.6 Å². The summed E-state index contributed by atoms with van der Waals surface area (Å²) in [6.45, 7) is 2.16. The standard InChI is InChI=1S/C15H20N2O2S2/c1-3-5-14(15-6-4-11-20-15)17-12-7-9-13(10-8-12)21(18,19)16-2/h4,6-11,14,16-17H,3,5H2,1-2H3. The second-order valence-corrected chi connectivity index (χ2v) is 7.60. The van der Waals surface area contributed by atoms with Gasteiger partial charge in [-0.3, -0.25) is 0 Å². The number of hydrogen-bond donors (Lipinski definition) is 2. The van der Waals surface area contributed by atoms with Crippen LogP contribution in [0.2, 0.25) is 0 Å². The van der Waals surface area contributed by atoms with Gasteiger partial charge in [0.2, 0.25) is 10.0 Å². The number of thiophene rings is 1. The molecule has 0 radical (unpaired) electrons. The third kappa shape index (κ3) is 4.06. The molecule has 6 heteroatoms. The molecule has 21 heavy (non-hydrogen) atoms. The molecule has 2 aromatic rings. The zero-order valence-corrected chi connectivity index (χ0v) is 13.8. The van der Waals surface area contributed by atoms with Crippen LogP contribution in [0.3, 0.4) is 0 Å². The number of rotatable bonds is 7. The molecular formula is C15H20N2O2S2. The van der Waals surface area contributed by atoms with Crippen molar-refractivity contribution in [2.75, 3.05) is 12.4 Å². The maximum Gasteiger partial charge on any atom is 0.240 e. The first kappa shape index (κ1) is 16.0. The zero-order chi connectivity index (χ0) is 15.3. The summed E-state index contributed by atoms with van der Waals surface area (Å²) in [6.07, 6.45) is 2.12. The minimum atomic E-state index is -3.37. The van der Waals surface area contributed by atoms with E-state index in [0.717, 1.165) is 18.5 Å². The number of anilines is 1. The first-order valence-corrected chi connectivity index (χ1v) is 9.26. The van der Waals surface area contributed by atoms with Gasteiger partial charge in [-0.2, -0.15) is 0 Å². The fourth-order valence-electron chi connectivity index (χ4n) is 2.11. The molecule has 1 aromatic carbocycles. The predicted molar refractivity (Wildman–Crippen MR) is 88.3 cm³/mol. The SMILES string of the molecule is CCCC(Nc1ccc(S(=O)(=O)NC)cc1)c1cccs1. The van der Waals surface area contributed by atoms with E-state index in [1.807, 2.05) is 6.07 Å². The van der Waals surface area contributed by atoms with Crippen molar-refractivity contribution in [2.24, 2.45) is 0 Å². The molecule has 0 aliphatic carbocycles. The lowest BCUT2D eigenvalue weighted by Gasteiger charge is -2.18. The lowest BCUT2D eigenvalue weighted by Crippen LogP contribution is -2.18. The van der Waals surface area contributed by atoms with Crippen molar-refractivity contribution in [3.05, 3.63) is 46.7 Å². The number of benzene rings is 1. The first-order valence-electron chi connectivity index (χ1n) is 6.90. The Morgan fingerprint density at radius 3 is 2.43 bits per heavy atom. The molecule has 0 aliphatic heterocycles. The molecule has 4 nitrogen and oxygen atoms in total. The van der Waals surface area contributed by atoms with E-state index in [2.05, 4.69) is 28.4 Å². The van der Waals surface area contributed by atoms with Gasteiger partial charge in [0.1, 0.15) is 0 Å². The third-order valence-corrected chi connectivity index (χ3v) is 5.65. The summed E-state index contributed by atoms with van der Waals surface area (Å²) in [4.78, 5) is 1.57. The molecular weight excluding hydrogens is 304 g/mol. The topological polar surface area (TPSA) is 58.2 Å². The van der Waals surface area contributed by atoms with E-state index in [1.165, 1.54) is 11.9 Å². The Bertz CT molecular complexity index is 649. The van der Waals surface area contributed by atoms with Gasteiger partial charge in [0, 0.05) is 10.6 Å². The van der Waals surface area contributed by atoms with Crippen molar-refractivity contribution >= 4 is 27.0 Å². The fraction of sp³-hybridized carbons (Fsp3) is 0.333. The third-order valence-electron chi connectivity index (χ3n) is 3.24. The van der Waals surface area contributed by atoms with Crippen LogP contribution in [0.25, 0.3) is 0 Å². The maximum atomic E-state index is 11.7. The Kier molecular flexibility index (Phi) is 5.39. The number of sulfonamides is 1.